The second-order valence-corrected chi connectivity index (χ2v) is 10.9. The molecule has 0 bridgehead atoms. The lowest BCUT2D eigenvalue weighted by Gasteiger charge is -2.30. The Balaban J connectivity index is 1.51. The number of rotatable bonds is 11. The van der Waals surface area contributed by atoms with Crippen LogP contribution in [0, 0.1) is 35.0 Å². The Bertz CT molecular complexity index is 1400. The topological polar surface area (TPSA) is 18.5 Å². The van der Waals surface area contributed by atoms with Gasteiger partial charge in [-0.2, -0.15) is 22.0 Å². The summed E-state index contributed by atoms with van der Waals surface area (Å²) in [6.07, 6.45) is -2.93. The van der Waals surface area contributed by atoms with Crippen molar-refractivity contribution in [1.82, 2.24) is 0 Å². The van der Waals surface area contributed by atoms with Gasteiger partial charge in [-0.25, -0.2) is 22.0 Å². The molecule has 2 atom stereocenters. The van der Waals surface area contributed by atoms with E-state index in [9.17, 15) is 39.5 Å². The zero-order chi connectivity index (χ0) is 32.2. The van der Waals surface area contributed by atoms with E-state index < -0.39 is 69.9 Å². The summed E-state index contributed by atoms with van der Waals surface area (Å²) in [6, 6.07) is 4.61. The molecule has 3 aromatic rings. The fourth-order valence-corrected chi connectivity index (χ4v) is 5.42. The Labute approximate surface area is 248 Å². The lowest BCUT2D eigenvalue weighted by Crippen LogP contribution is -2.25. The standard InChI is InChI=1S/C32H30F10O2/c1-2-3-4-5-6-8-18-11-12-27(43-17-18)22-10-7-9-21(30(22)37)19-13-23(33)29(24(34)14-19)32(41,42)44-20-15-25(35)28(26(36)16-20)31(38,39)40/h7,9-10,13-16,18,27H,2-6,8,11-12,17H2,1H3. The molecule has 0 radical (unpaired) electrons. The molecule has 240 valence electrons. The molecule has 1 aliphatic heterocycles. The van der Waals surface area contributed by atoms with Crippen molar-refractivity contribution >= 4 is 0 Å². The highest BCUT2D eigenvalue weighted by atomic mass is 19.4. The monoisotopic (exact) mass is 636 g/mol. The maximum atomic E-state index is 15.6. The highest BCUT2D eigenvalue weighted by molar-refractivity contribution is 5.66. The fraction of sp³-hybridized carbons (Fsp3) is 0.438. The Morgan fingerprint density at radius 3 is 1.95 bits per heavy atom. The molecule has 1 fully saturated rings. The van der Waals surface area contributed by atoms with Gasteiger partial charge in [0.05, 0.1) is 12.7 Å². The second-order valence-electron chi connectivity index (χ2n) is 10.9. The number of alkyl halides is 5. The van der Waals surface area contributed by atoms with Crippen molar-refractivity contribution in [3.8, 4) is 16.9 Å². The van der Waals surface area contributed by atoms with Crippen LogP contribution >= 0.6 is 0 Å². The average molecular weight is 637 g/mol. The van der Waals surface area contributed by atoms with Gasteiger partial charge in [-0.1, -0.05) is 57.2 Å². The van der Waals surface area contributed by atoms with Gasteiger partial charge in [0, 0.05) is 23.3 Å². The maximum Gasteiger partial charge on any atom is 0.432 e. The molecule has 1 aliphatic rings. The zero-order valence-electron chi connectivity index (χ0n) is 23.7. The van der Waals surface area contributed by atoms with Gasteiger partial charge in [-0.15, -0.1) is 0 Å². The summed E-state index contributed by atoms with van der Waals surface area (Å²) < 4.78 is 151. The van der Waals surface area contributed by atoms with Gasteiger partial charge in [0.25, 0.3) is 0 Å². The zero-order valence-corrected chi connectivity index (χ0v) is 23.7. The molecule has 4 rings (SSSR count). The molecule has 0 aromatic heterocycles. The van der Waals surface area contributed by atoms with Crippen LogP contribution in [0.2, 0.25) is 0 Å². The molecule has 1 saturated heterocycles. The third-order valence-electron chi connectivity index (χ3n) is 7.65. The third-order valence-corrected chi connectivity index (χ3v) is 7.65. The van der Waals surface area contributed by atoms with Gasteiger partial charge in [0.2, 0.25) is 0 Å². The average Bonchev–Trinajstić information content (AvgIpc) is 2.91. The van der Waals surface area contributed by atoms with Crippen molar-refractivity contribution in [2.75, 3.05) is 6.61 Å². The van der Waals surface area contributed by atoms with Crippen molar-refractivity contribution in [2.24, 2.45) is 5.92 Å². The first kappa shape index (κ1) is 33.6. The quantitative estimate of drug-likeness (QED) is 0.154. The highest BCUT2D eigenvalue weighted by Gasteiger charge is 2.43. The van der Waals surface area contributed by atoms with E-state index >= 15 is 4.39 Å². The molecule has 2 unspecified atom stereocenters. The van der Waals surface area contributed by atoms with E-state index in [-0.39, 0.29) is 23.3 Å². The van der Waals surface area contributed by atoms with Crippen LogP contribution in [0.4, 0.5) is 43.9 Å². The normalized spacial score (nSPS) is 17.6. The third kappa shape index (κ3) is 7.68. The first-order chi connectivity index (χ1) is 20.7. The van der Waals surface area contributed by atoms with Crippen molar-refractivity contribution in [3.05, 3.63) is 88.2 Å². The number of hydrogen-bond donors (Lipinski definition) is 0. The van der Waals surface area contributed by atoms with E-state index in [0.717, 1.165) is 32.1 Å². The summed E-state index contributed by atoms with van der Waals surface area (Å²) in [4.78, 5) is 0. The molecule has 0 aliphatic carbocycles. The minimum absolute atomic E-state index is 0.147. The molecular formula is C32H30F10O2. The highest BCUT2D eigenvalue weighted by Crippen LogP contribution is 2.41. The minimum atomic E-state index is -5.48. The number of ether oxygens (including phenoxy) is 2. The Morgan fingerprint density at radius 2 is 1.39 bits per heavy atom. The molecule has 2 nitrogen and oxygen atoms in total. The van der Waals surface area contributed by atoms with E-state index in [1.54, 1.807) is 0 Å². The number of halogens is 10. The van der Waals surface area contributed by atoms with E-state index in [2.05, 4.69) is 11.7 Å². The molecule has 0 saturated carbocycles. The summed E-state index contributed by atoms with van der Waals surface area (Å²) in [5, 5.41) is 0. The Morgan fingerprint density at radius 1 is 0.773 bits per heavy atom. The maximum absolute atomic E-state index is 15.6. The molecule has 0 amide bonds. The van der Waals surface area contributed by atoms with Crippen LogP contribution in [0.25, 0.3) is 11.1 Å². The SMILES string of the molecule is CCCCCCCC1CCC(c2cccc(-c3cc(F)c(C(F)(F)Oc4cc(F)c(C(F)(F)F)c(F)c4)c(F)c3)c2F)OC1. The van der Waals surface area contributed by atoms with Crippen LogP contribution in [0.15, 0.2) is 42.5 Å². The summed E-state index contributed by atoms with van der Waals surface area (Å²) >= 11 is 0. The predicted molar refractivity (Wildman–Crippen MR) is 142 cm³/mol. The molecule has 1 heterocycles. The summed E-state index contributed by atoms with van der Waals surface area (Å²) in [6.45, 7) is 2.57. The van der Waals surface area contributed by atoms with Gasteiger partial charge in [-0.05, 0) is 42.9 Å². The molecular weight excluding hydrogens is 606 g/mol. The fourth-order valence-electron chi connectivity index (χ4n) is 5.42. The summed E-state index contributed by atoms with van der Waals surface area (Å²) in [5.41, 5.74) is -4.91. The largest absolute Gasteiger partial charge is 0.432 e. The van der Waals surface area contributed by atoms with Crippen molar-refractivity contribution in [2.45, 2.75) is 76.7 Å². The summed E-state index contributed by atoms with van der Waals surface area (Å²) in [7, 11) is 0. The minimum Gasteiger partial charge on any atom is -0.429 e. The lowest BCUT2D eigenvalue weighted by atomic mass is 9.89. The van der Waals surface area contributed by atoms with Gasteiger partial charge >= 0.3 is 12.3 Å². The molecule has 12 heteroatoms. The van der Waals surface area contributed by atoms with Crippen LogP contribution in [0.5, 0.6) is 5.75 Å². The van der Waals surface area contributed by atoms with Crippen LogP contribution in [0.1, 0.15) is 81.1 Å². The van der Waals surface area contributed by atoms with Crippen LogP contribution in [-0.2, 0) is 17.0 Å². The van der Waals surface area contributed by atoms with Crippen LogP contribution in [0.3, 0.4) is 0 Å². The van der Waals surface area contributed by atoms with Gasteiger partial charge in [0.15, 0.2) is 0 Å². The lowest BCUT2D eigenvalue weighted by molar-refractivity contribution is -0.189. The number of unbranched alkanes of at least 4 members (excludes halogenated alkanes) is 4. The Hall–Kier alpha value is -3.28. The second kappa shape index (κ2) is 13.8. The number of benzene rings is 3. The van der Waals surface area contributed by atoms with Crippen LogP contribution < -0.4 is 4.74 Å². The first-order valence-corrected chi connectivity index (χ1v) is 14.3. The molecule has 44 heavy (non-hydrogen) atoms. The van der Waals surface area contributed by atoms with Gasteiger partial charge in [-0.3, -0.25) is 0 Å². The van der Waals surface area contributed by atoms with E-state index in [1.165, 1.54) is 31.0 Å². The van der Waals surface area contributed by atoms with Crippen molar-refractivity contribution in [1.29, 1.82) is 0 Å². The summed E-state index contributed by atoms with van der Waals surface area (Å²) in [5.74, 6) is -10.3. The molecule has 3 aromatic carbocycles. The number of hydrogen-bond acceptors (Lipinski definition) is 2. The molecule has 0 spiro atoms. The predicted octanol–water partition coefficient (Wildman–Crippen LogP) is 11.0. The van der Waals surface area contributed by atoms with Crippen molar-refractivity contribution in [3.63, 3.8) is 0 Å². The first-order valence-electron chi connectivity index (χ1n) is 14.3. The van der Waals surface area contributed by atoms with E-state index in [1.807, 2.05) is 0 Å². The van der Waals surface area contributed by atoms with Gasteiger partial charge < -0.3 is 9.47 Å². The van der Waals surface area contributed by atoms with Crippen LogP contribution in [-0.4, -0.2) is 6.61 Å². The van der Waals surface area contributed by atoms with E-state index in [4.69, 9.17) is 4.74 Å². The molecule has 0 N–H and O–H groups in total. The van der Waals surface area contributed by atoms with Crippen molar-refractivity contribution < 1.29 is 53.4 Å². The Kier molecular flexibility index (Phi) is 10.5. The smallest absolute Gasteiger partial charge is 0.429 e. The van der Waals surface area contributed by atoms with Gasteiger partial charge in [0.1, 0.15) is 46.0 Å². The van der Waals surface area contributed by atoms with E-state index in [0.29, 0.717) is 31.1 Å².